The third-order valence-corrected chi connectivity index (χ3v) is 4.24. The van der Waals surface area contributed by atoms with Gasteiger partial charge in [-0.25, -0.2) is 4.39 Å². The van der Waals surface area contributed by atoms with Crippen LogP contribution in [-0.4, -0.2) is 41.7 Å². The van der Waals surface area contributed by atoms with Gasteiger partial charge in [0.15, 0.2) is 0 Å². The number of rotatable bonds is 5. The van der Waals surface area contributed by atoms with Crippen molar-refractivity contribution in [2.24, 2.45) is 5.92 Å². The molecule has 21 heavy (non-hydrogen) atoms. The summed E-state index contributed by atoms with van der Waals surface area (Å²) in [5, 5.41) is 12.2. The molecule has 116 valence electrons. The standard InChI is InChI=1S/C16H23FN2O2/c1-11-5-6-19(15(11)10-20)9-16(21)18-8-13-3-4-14(17)12(2)7-13/h3-4,7,11,15,20H,5-6,8-10H2,1-2H3,(H,18,21). The number of halogens is 1. The number of benzene rings is 1. The Bertz CT molecular complexity index is 507. The Morgan fingerprint density at radius 1 is 1.52 bits per heavy atom. The molecule has 2 atom stereocenters. The van der Waals surface area contributed by atoms with E-state index >= 15 is 0 Å². The van der Waals surface area contributed by atoms with Crippen LogP contribution in [0.3, 0.4) is 0 Å². The quantitative estimate of drug-likeness (QED) is 0.864. The zero-order chi connectivity index (χ0) is 15.4. The highest BCUT2D eigenvalue weighted by Gasteiger charge is 2.31. The summed E-state index contributed by atoms with van der Waals surface area (Å²) in [5.74, 6) is 0.119. The highest BCUT2D eigenvalue weighted by molar-refractivity contribution is 5.78. The molecule has 1 saturated heterocycles. The molecule has 1 aliphatic heterocycles. The molecule has 0 bridgehead atoms. The van der Waals surface area contributed by atoms with Gasteiger partial charge in [0, 0.05) is 12.6 Å². The summed E-state index contributed by atoms with van der Waals surface area (Å²) in [6.45, 7) is 5.43. The molecule has 5 heteroatoms. The van der Waals surface area contributed by atoms with E-state index in [9.17, 15) is 14.3 Å². The van der Waals surface area contributed by atoms with Crippen LogP contribution in [0, 0.1) is 18.7 Å². The Morgan fingerprint density at radius 2 is 2.29 bits per heavy atom. The lowest BCUT2D eigenvalue weighted by molar-refractivity contribution is -0.122. The Kier molecular flexibility index (Phi) is 5.31. The number of carbonyl (C=O) groups excluding carboxylic acids is 1. The molecule has 0 radical (unpaired) electrons. The van der Waals surface area contributed by atoms with E-state index in [1.54, 1.807) is 19.1 Å². The fourth-order valence-electron chi connectivity index (χ4n) is 2.84. The lowest BCUT2D eigenvalue weighted by Gasteiger charge is -2.24. The molecule has 4 nitrogen and oxygen atoms in total. The number of aliphatic hydroxyl groups is 1. The number of likely N-dealkylation sites (tertiary alicyclic amines) is 1. The van der Waals surface area contributed by atoms with Gasteiger partial charge < -0.3 is 10.4 Å². The monoisotopic (exact) mass is 294 g/mol. The van der Waals surface area contributed by atoms with E-state index < -0.39 is 0 Å². The molecule has 1 aromatic carbocycles. The summed E-state index contributed by atoms with van der Waals surface area (Å²) in [4.78, 5) is 14.0. The summed E-state index contributed by atoms with van der Waals surface area (Å²) in [6.07, 6.45) is 1.01. The molecule has 2 unspecified atom stereocenters. The van der Waals surface area contributed by atoms with Crippen LogP contribution >= 0.6 is 0 Å². The van der Waals surface area contributed by atoms with E-state index in [1.807, 2.05) is 4.90 Å². The second kappa shape index (κ2) is 7.00. The van der Waals surface area contributed by atoms with Crippen LogP contribution < -0.4 is 5.32 Å². The number of nitrogens with one attached hydrogen (secondary N) is 1. The van der Waals surface area contributed by atoms with Crippen molar-refractivity contribution >= 4 is 5.91 Å². The highest BCUT2D eigenvalue weighted by Crippen LogP contribution is 2.22. The topological polar surface area (TPSA) is 52.6 Å². The Labute approximate surface area is 125 Å². The summed E-state index contributed by atoms with van der Waals surface area (Å²) < 4.78 is 13.2. The largest absolute Gasteiger partial charge is 0.395 e. The van der Waals surface area contributed by atoms with Crippen LogP contribution in [0.15, 0.2) is 18.2 Å². The Balaban J connectivity index is 1.83. The maximum absolute atomic E-state index is 13.2. The van der Waals surface area contributed by atoms with Crippen LogP contribution in [0.4, 0.5) is 4.39 Å². The first kappa shape index (κ1) is 15.9. The number of hydrogen-bond donors (Lipinski definition) is 2. The first-order chi connectivity index (χ1) is 10.0. The molecule has 2 N–H and O–H groups in total. The third-order valence-electron chi connectivity index (χ3n) is 4.24. The van der Waals surface area contributed by atoms with Crippen molar-refractivity contribution in [1.82, 2.24) is 10.2 Å². The van der Waals surface area contributed by atoms with Gasteiger partial charge in [0.25, 0.3) is 0 Å². The molecule has 1 fully saturated rings. The lowest BCUT2D eigenvalue weighted by Crippen LogP contribution is -2.42. The molecule has 1 aliphatic rings. The fraction of sp³-hybridized carbons (Fsp3) is 0.562. The number of aliphatic hydroxyl groups excluding tert-OH is 1. The summed E-state index contributed by atoms with van der Waals surface area (Å²) in [7, 11) is 0. The molecule has 0 spiro atoms. The number of amides is 1. The smallest absolute Gasteiger partial charge is 0.234 e. The molecule has 1 amide bonds. The minimum atomic E-state index is -0.234. The average molecular weight is 294 g/mol. The second-order valence-electron chi connectivity index (χ2n) is 5.85. The van der Waals surface area contributed by atoms with Crippen molar-refractivity contribution in [3.05, 3.63) is 35.1 Å². The summed E-state index contributed by atoms with van der Waals surface area (Å²) in [5.41, 5.74) is 1.46. The first-order valence-corrected chi connectivity index (χ1v) is 7.38. The summed E-state index contributed by atoms with van der Waals surface area (Å²) in [6, 6.07) is 4.91. The van der Waals surface area contributed by atoms with Gasteiger partial charge in [-0.05, 0) is 43.0 Å². The minimum Gasteiger partial charge on any atom is -0.395 e. The maximum atomic E-state index is 13.2. The number of carbonyl (C=O) groups is 1. The Morgan fingerprint density at radius 3 is 2.95 bits per heavy atom. The van der Waals surface area contributed by atoms with E-state index in [0.717, 1.165) is 18.5 Å². The normalized spacial score (nSPS) is 22.5. The molecular formula is C16H23FN2O2. The van der Waals surface area contributed by atoms with Gasteiger partial charge in [0.2, 0.25) is 5.91 Å². The molecule has 0 aromatic heterocycles. The zero-order valence-corrected chi connectivity index (χ0v) is 12.6. The van der Waals surface area contributed by atoms with E-state index in [-0.39, 0.29) is 24.4 Å². The van der Waals surface area contributed by atoms with Gasteiger partial charge in [-0.1, -0.05) is 19.1 Å². The van der Waals surface area contributed by atoms with Crippen molar-refractivity contribution in [2.75, 3.05) is 19.7 Å². The molecule has 0 aliphatic carbocycles. The van der Waals surface area contributed by atoms with Gasteiger partial charge in [-0.3, -0.25) is 9.69 Å². The van der Waals surface area contributed by atoms with Gasteiger partial charge in [0.1, 0.15) is 5.82 Å². The van der Waals surface area contributed by atoms with Crippen LogP contribution in [-0.2, 0) is 11.3 Å². The second-order valence-corrected chi connectivity index (χ2v) is 5.85. The minimum absolute atomic E-state index is 0.0653. The van der Waals surface area contributed by atoms with Crippen LogP contribution in [0.2, 0.25) is 0 Å². The predicted octanol–water partition coefficient (Wildman–Crippen LogP) is 1.45. The third kappa shape index (κ3) is 4.02. The molecular weight excluding hydrogens is 271 g/mol. The predicted molar refractivity (Wildman–Crippen MR) is 79.2 cm³/mol. The van der Waals surface area contributed by atoms with Crippen molar-refractivity contribution in [2.45, 2.75) is 32.9 Å². The number of nitrogens with zero attached hydrogens (tertiary/aromatic N) is 1. The highest BCUT2D eigenvalue weighted by atomic mass is 19.1. The zero-order valence-electron chi connectivity index (χ0n) is 12.6. The maximum Gasteiger partial charge on any atom is 0.234 e. The molecule has 1 heterocycles. The van der Waals surface area contributed by atoms with Crippen molar-refractivity contribution in [3.63, 3.8) is 0 Å². The molecule has 2 rings (SSSR count). The Hall–Kier alpha value is -1.46. The van der Waals surface area contributed by atoms with Crippen LogP contribution in [0.1, 0.15) is 24.5 Å². The number of aryl methyl sites for hydroxylation is 1. The van der Waals surface area contributed by atoms with Gasteiger partial charge in [-0.2, -0.15) is 0 Å². The van der Waals surface area contributed by atoms with Crippen molar-refractivity contribution in [1.29, 1.82) is 0 Å². The van der Waals surface area contributed by atoms with Gasteiger partial charge in [0.05, 0.1) is 13.2 Å². The van der Waals surface area contributed by atoms with E-state index in [4.69, 9.17) is 0 Å². The van der Waals surface area contributed by atoms with Gasteiger partial charge in [-0.15, -0.1) is 0 Å². The van der Waals surface area contributed by atoms with E-state index in [2.05, 4.69) is 12.2 Å². The summed E-state index contributed by atoms with van der Waals surface area (Å²) >= 11 is 0. The fourth-order valence-corrected chi connectivity index (χ4v) is 2.84. The van der Waals surface area contributed by atoms with E-state index in [1.165, 1.54) is 6.07 Å². The lowest BCUT2D eigenvalue weighted by atomic mass is 10.0. The van der Waals surface area contributed by atoms with Crippen LogP contribution in [0.5, 0.6) is 0 Å². The molecule has 0 saturated carbocycles. The molecule has 1 aromatic rings. The first-order valence-electron chi connectivity index (χ1n) is 7.38. The van der Waals surface area contributed by atoms with Crippen molar-refractivity contribution < 1.29 is 14.3 Å². The average Bonchev–Trinajstić information content (AvgIpc) is 2.80. The van der Waals surface area contributed by atoms with Crippen LogP contribution in [0.25, 0.3) is 0 Å². The van der Waals surface area contributed by atoms with Gasteiger partial charge >= 0.3 is 0 Å². The number of hydrogen-bond acceptors (Lipinski definition) is 3. The van der Waals surface area contributed by atoms with Crippen molar-refractivity contribution in [3.8, 4) is 0 Å². The SMILES string of the molecule is Cc1cc(CNC(=O)CN2CCC(C)C2CO)ccc1F. The van der Waals surface area contributed by atoms with E-state index in [0.29, 0.717) is 24.6 Å².